The Balaban J connectivity index is 1.32. The smallest absolute Gasteiger partial charge is 0.230 e. The first-order valence-corrected chi connectivity index (χ1v) is 10.00. The van der Waals surface area contributed by atoms with Crippen LogP contribution in [0.4, 0.5) is 0 Å². The zero-order valence-electron chi connectivity index (χ0n) is 16.2. The van der Waals surface area contributed by atoms with Gasteiger partial charge in [-0.1, -0.05) is 6.07 Å². The van der Waals surface area contributed by atoms with Crippen molar-refractivity contribution in [2.75, 3.05) is 66.1 Å². The molecule has 4 heterocycles. The number of ether oxygens (including phenoxy) is 2. The van der Waals surface area contributed by atoms with E-state index < -0.39 is 0 Å². The van der Waals surface area contributed by atoms with Gasteiger partial charge in [-0.05, 0) is 25.5 Å². The first-order valence-electron chi connectivity index (χ1n) is 10.00. The molecule has 0 bridgehead atoms. The molecule has 7 heteroatoms. The molecule has 1 aromatic heterocycles. The number of aromatic nitrogens is 1. The maximum absolute atomic E-state index is 13.1. The molecular formula is C20H30N4O3. The molecule has 1 atom stereocenters. The number of amides is 1. The fraction of sp³-hybridized carbons (Fsp3) is 0.700. The van der Waals surface area contributed by atoms with Crippen LogP contribution >= 0.6 is 0 Å². The maximum atomic E-state index is 13.1. The second-order valence-corrected chi connectivity index (χ2v) is 7.91. The molecule has 0 radical (unpaired) electrons. The second-order valence-electron chi connectivity index (χ2n) is 7.91. The van der Waals surface area contributed by atoms with Crippen LogP contribution in [-0.4, -0.2) is 91.7 Å². The highest BCUT2D eigenvalue weighted by atomic mass is 16.5. The number of carbonyl (C=O) groups excluding carboxylic acids is 1. The molecule has 148 valence electrons. The van der Waals surface area contributed by atoms with Gasteiger partial charge in [0.15, 0.2) is 0 Å². The molecule has 1 amide bonds. The molecule has 3 aliphatic rings. The van der Waals surface area contributed by atoms with Crippen molar-refractivity contribution < 1.29 is 14.3 Å². The van der Waals surface area contributed by atoms with Crippen LogP contribution in [0.5, 0.6) is 5.88 Å². The molecule has 0 saturated carbocycles. The first-order chi connectivity index (χ1) is 13.2. The maximum Gasteiger partial charge on any atom is 0.230 e. The lowest BCUT2D eigenvalue weighted by molar-refractivity contribution is -0.135. The largest absolute Gasteiger partial charge is 0.481 e. The fourth-order valence-electron chi connectivity index (χ4n) is 4.63. The summed E-state index contributed by atoms with van der Waals surface area (Å²) in [5, 5.41) is 0. The van der Waals surface area contributed by atoms with Crippen LogP contribution in [0.25, 0.3) is 0 Å². The molecule has 7 nitrogen and oxygen atoms in total. The third kappa shape index (κ3) is 3.95. The second kappa shape index (κ2) is 8.12. The van der Waals surface area contributed by atoms with Gasteiger partial charge >= 0.3 is 0 Å². The molecular weight excluding hydrogens is 344 g/mol. The summed E-state index contributed by atoms with van der Waals surface area (Å²) in [4.78, 5) is 24.3. The summed E-state index contributed by atoms with van der Waals surface area (Å²) in [6.07, 6.45) is 3.69. The average Bonchev–Trinajstić information content (AvgIpc) is 3.26. The molecule has 0 aromatic carbocycles. The van der Waals surface area contributed by atoms with Crippen LogP contribution in [0.3, 0.4) is 0 Å². The molecule has 0 N–H and O–H groups in total. The van der Waals surface area contributed by atoms with Crippen LogP contribution in [0.1, 0.15) is 18.4 Å². The van der Waals surface area contributed by atoms with Gasteiger partial charge in [-0.15, -0.1) is 0 Å². The standard InChI is InChI=1S/C20H30N4O3/c1-26-18-17(3-2-6-21-18)15-23-7-4-20(16-23)5-8-24(19(20)25)10-9-22-11-13-27-14-12-22/h2-3,6H,4-5,7-16H2,1H3. The zero-order valence-corrected chi connectivity index (χ0v) is 16.2. The number of carbonyl (C=O) groups is 1. The lowest BCUT2D eigenvalue weighted by atomic mass is 9.85. The van der Waals surface area contributed by atoms with Gasteiger partial charge in [-0.3, -0.25) is 14.6 Å². The van der Waals surface area contributed by atoms with Crippen molar-refractivity contribution in [1.82, 2.24) is 19.7 Å². The van der Waals surface area contributed by atoms with Crippen LogP contribution in [0.15, 0.2) is 18.3 Å². The van der Waals surface area contributed by atoms with Gasteiger partial charge in [0, 0.05) is 57.6 Å². The Morgan fingerprint density at radius 1 is 1.15 bits per heavy atom. The predicted octanol–water partition coefficient (Wildman–Crippen LogP) is 0.847. The van der Waals surface area contributed by atoms with E-state index in [1.807, 2.05) is 6.07 Å². The third-order valence-corrected chi connectivity index (χ3v) is 6.26. The SMILES string of the molecule is COc1ncccc1CN1CCC2(CCN(CCN3CCOCC3)C2=O)C1. The summed E-state index contributed by atoms with van der Waals surface area (Å²) >= 11 is 0. The van der Waals surface area contributed by atoms with Crippen molar-refractivity contribution in [2.24, 2.45) is 5.41 Å². The summed E-state index contributed by atoms with van der Waals surface area (Å²) in [5.74, 6) is 1.04. The molecule has 3 saturated heterocycles. The van der Waals surface area contributed by atoms with Crippen molar-refractivity contribution in [3.05, 3.63) is 23.9 Å². The highest BCUT2D eigenvalue weighted by Gasteiger charge is 2.50. The van der Waals surface area contributed by atoms with E-state index in [0.717, 1.165) is 84.0 Å². The van der Waals surface area contributed by atoms with E-state index in [2.05, 4.69) is 25.8 Å². The molecule has 3 aliphatic heterocycles. The van der Waals surface area contributed by atoms with E-state index in [1.54, 1.807) is 13.3 Å². The van der Waals surface area contributed by atoms with E-state index in [4.69, 9.17) is 9.47 Å². The van der Waals surface area contributed by atoms with Gasteiger partial charge < -0.3 is 14.4 Å². The van der Waals surface area contributed by atoms with Crippen LogP contribution in [0, 0.1) is 5.41 Å². The highest BCUT2D eigenvalue weighted by molar-refractivity contribution is 5.85. The molecule has 0 aliphatic carbocycles. The van der Waals surface area contributed by atoms with Crippen LogP contribution in [-0.2, 0) is 16.1 Å². The minimum absolute atomic E-state index is 0.180. The minimum atomic E-state index is -0.180. The summed E-state index contributed by atoms with van der Waals surface area (Å²) in [6.45, 7) is 8.88. The third-order valence-electron chi connectivity index (χ3n) is 6.26. The van der Waals surface area contributed by atoms with Gasteiger partial charge in [0.1, 0.15) is 0 Å². The molecule has 1 aromatic rings. The Bertz CT molecular complexity index is 664. The summed E-state index contributed by atoms with van der Waals surface area (Å²) in [7, 11) is 1.66. The number of rotatable bonds is 6. The van der Waals surface area contributed by atoms with Crippen molar-refractivity contribution in [3.63, 3.8) is 0 Å². The van der Waals surface area contributed by atoms with Gasteiger partial charge in [0.05, 0.1) is 25.7 Å². The number of methoxy groups -OCH3 is 1. The normalized spacial score (nSPS) is 27.0. The quantitative estimate of drug-likeness (QED) is 0.736. The monoisotopic (exact) mass is 374 g/mol. The summed E-state index contributed by atoms with van der Waals surface area (Å²) in [6, 6.07) is 4.00. The van der Waals surface area contributed by atoms with Crippen molar-refractivity contribution in [1.29, 1.82) is 0 Å². The number of likely N-dealkylation sites (tertiary alicyclic amines) is 2. The van der Waals surface area contributed by atoms with E-state index in [-0.39, 0.29) is 5.41 Å². The van der Waals surface area contributed by atoms with Gasteiger partial charge in [0.2, 0.25) is 11.8 Å². The van der Waals surface area contributed by atoms with Crippen molar-refractivity contribution in [2.45, 2.75) is 19.4 Å². The minimum Gasteiger partial charge on any atom is -0.481 e. The molecule has 1 spiro atoms. The van der Waals surface area contributed by atoms with Crippen LogP contribution in [0.2, 0.25) is 0 Å². The Labute approximate surface area is 161 Å². The van der Waals surface area contributed by atoms with Crippen molar-refractivity contribution in [3.8, 4) is 5.88 Å². The van der Waals surface area contributed by atoms with E-state index in [1.165, 1.54) is 0 Å². The van der Waals surface area contributed by atoms with Gasteiger partial charge in [-0.2, -0.15) is 0 Å². The first kappa shape index (κ1) is 18.7. The number of nitrogens with zero attached hydrogens (tertiary/aromatic N) is 4. The van der Waals surface area contributed by atoms with E-state index >= 15 is 0 Å². The number of hydrogen-bond acceptors (Lipinski definition) is 6. The Kier molecular flexibility index (Phi) is 5.61. The Morgan fingerprint density at radius 3 is 2.78 bits per heavy atom. The zero-order chi connectivity index (χ0) is 18.7. The van der Waals surface area contributed by atoms with Gasteiger partial charge in [0.25, 0.3) is 0 Å². The molecule has 27 heavy (non-hydrogen) atoms. The lowest BCUT2D eigenvalue weighted by Gasteiger charge is -2.29. The summed E-state index contributed by atoms with van der Waals surface area (Å²) in [5.41, 5.74) is 0.909. The number of pyridine rings is 1. The molecule has 3 fully saturated rings. The average molecular weight is 374 g/mol. The highest BCUT2D eigenvalue weighted by Crippen LogP contribution is 2.41. The van der Waals surface area contributed by atoms with E-state index in [9.17, 15) is 4.79 Å². The number of morpholine rings is 1. The number of hydrogen-bond donors (Lipinski definition) is 0. The Morgan fingerprint density at radius 2 is 1.96 bits per heavy atom. The molecule has 1 unspecified atom stereocenters. The topological polar surface area (TPSA) is 58.1 Å². The van der Waals surface area contributed by atoms with Crippen LogP contribution < -0.4 is 4.74 Å². The Hall–Kier alpha value is -1.70. The van der Waals surface area contributed by atoms with E-state index in [0.29, 0.717) is 11.8 Å². The summed E-state index contributed by atoms with van der Waals surface area (Å²) < 4.78 is 10.8. The van der Waals surface area contributed by atoms with Gasteiger partial charge in [-0.25, -0.2) is 4.98 Å². The molecule has 4 rings (SSSR count). The predicted molar refractivity (Wildman–Crippen MR) is 102 cm³/mol. The lowest BCUT2D eigenvalue weighted by Crippen LogP contribution is -2.43. The van der Waals surface area contributed by atoms with Crippen molar-refractivity contribution >= 4 is 5.91 Å². The fourth-order valence-corrected chi connectivity index (χ4v) is 4.63.